The van der Waals surface area contributed by atoms with Gasteiger partial charge in [0.1, 0.15) is 5.82 Å². The Labute approximate surface area is 174 Å². The Hall–Kier alpha value is -3.00. The molecule has 2 heterocycles. The molecule has 1 amide bonds. The average Bonchev–Trinajstić information content (AvgIpc) is 2.67. The molecular weight excluding hydrogens is 390 g/mol. The smallest absolute Gasteiger partial charge is 0.314 e. The number of ether oxygens (including phenoxy) is 2. The minimum absolute atomic E-state index is 0.293. The molecule has 0 saturated carbocycles. The van der Waals surface area contributed by atoms with Crippen LogP contribution < -0.4 is 5.32 Å². The summed E-state index contributed by atoms with van der Waals surface area (Å²) in [4.78, 5) is 30.1. The molecule has 8 heteroatoms. The maximum Gasteiger partial charge on any atom is 0.314 e. The highest BCUT2D eigenvalue weighted by Crippen LogP contribution is 2.40. The molecule has 1 N–H and O–H groups in total. The Morgan fingerprint density at radius 2 is 1.86 bits per heavy atom. The van der Waals surface area contributed by atoms with Crippen LogP contribution in [-0.2, 0) is 19.1 Å². The fourth-order valence-electron chi connectivity index (χ4n) is 2.56. The van der Waals surface area contributed by atoms with Crippen LogP contribution >= 0.6 is 11.9 Å². The van der Waals surface area contributed by atoms with Crippen molar-refractivity contribution in [2.45, 2.75) is 25.7 Å². The maximum atomic E-state index is 13.0. The quantitative estimate of drug-likeness (QED) is 0.452. The molecule has 152 valence electrons. The van der Waals surface area contributed by atoms with E-state index < -0.39 is 5.41 Å². The summed E-state index contributed by atoms with van der Waals surface area (Å²) in [6.45, 7) is 5.00. The molecule has 0 bridgehead atoms. The van der Waals surface area contributed by atoms with Gasteiger partial charge in [0.05, 0.1) is 5.41 Å². The Kier molecular flexibility index (Phi) is 6.12. The van der Waals surface area contributed by atoms with E-state index in [1.54, 1.807) is 56.5 Å². The number of amides is 1. The third-order valence-corrected chi connectivity index (χ3v) is 5.03. The number of fused-ring (bicyclic) bond motifs is 1. The van der Waals surface area contributed by atoms with Crippen LogP contribution in [0.2, 0.25) is 0 Å². The third-order valence-electron chi connectivity index (χ3n) is 4.02. The third kappa shape index (κ3) is 4.89. The number of rotatable bonds is 5. The monoisotopic (exact) mass is 413 g/mol. The van der Waals surface area contributed by atoms with E-state index in [2.05, 4.69) is 10.3 Å². The molecule has 0 saturated heterocycles. The van der Waals surface area contributed by atoms with Gasteiger partial charge in [0.25, 0.3) is 5.91 Å². The summed E-state index contributed by atoms with van der Waals surface area (Å²) < 4.78 is 12.8. The van der Waals surface area contributed by atoms with E-state index in [4.69, 9.17) is 9.47 Å². The number of aromatic nitrogens is 1. The molecule has 1 aliphatic heterocycles. The van der Waals surface area contributed by atoms with Gasteiger partial charge in [-0.25, -0.2) is 4.98 Å². The number of likely N-dealkylation sites (N-methyl/N-ethyl adjacent to an activating group) is 1. The van der Waals surface area contributed by atoms with Crippen molar-refractivity contribution in [1.82, 2.24) is 9.29 Å². The standard InChI is InChI=1S/C21H23N3O4S/c1-21(2,3)20(26)28-13-27-18-14-9-5-6-10-15(14)29-24(4)17(18)19(25)23-16-11-7-8-12-22-16/h5-12H,13H2,1-4H3,(H,22,23,25). The number of benzene rings is 1. The summed E-state index contributed by atoms with van der Waals surface area (Å²) in [5.74, 6) is 0.0209. The normalized spacial score (nSPS) is 13.6. The second-order valence-corrected chi connectivity index (χ2v) is 8.55. The molecule has 1 aliphatic rings. The van der Waals surface area contributed by atoms with Crippen LogP contribution in [-0.4, -0.2) is 35.0 Å². The predicted octanol–water partition coefficient (Wildman–Crippen LogP) is 3.90. The number of anilines is 1. The minimum Gasteiger partial charge on any atom is -0.454 e. The summed E-state index contributed by atoms with van der Waals surface area (Å²) in [5.41, 5.74) is 0.424. The number of carbonyl (C=O) groups is 2. The first-order valence-corrected chi connectivity index (χ1v) is 9.82. The lowest BCUT2D eigenvalue weighted by atomic mass is 9.98. The zero-order valence-electron chi connectivity index (χ0n) is 16.8. The van der Waals surface area contributed by atoms with Crippen molar-refractivity contribution >= 4 is 35.4 Å². The summed E-state index contributed by atoms with van der Waals surface area (Å²) in [6, 6.07) is 12.8. The largest absolute Gasteiger partial charge is 0.454 e. The number of nitrogens with zero attached hydrogens (tertiary/aromatic N) is 2. The minimum atomic E-state index is -0.645. The van der Waals surface area contributed by atoms with Crippen molar-refractivity contribution < 1.29 is 19.1 Å². The van der Waals surface area contributed by atoms with Crippen LogP contribution in [0.3, 0.4) is 0 Å². The molecule has 0 atom stereocenters. The van der Waals surface area contributed by atoms with E-state index in [-0.39, 0.29) is 18.7 Å². The molecule has 0 radical (unpaired) electrons. The van der Waals surface area contributed by atoms with E-state index in [1.165, 1.54) is 11.9 Å². The van der Waals surface area contributed by atoms with Gasteiger partial charge in [-0.2, -0.15) is 0 Å². The molecule has 7 nitrogen and oxygen atoms in total. The van der Waals surface area contributed by atoms with Crippen molar-refractivity contribution in [2.75, 3.05) is 19.2 Å². The van der Waals surface area contributed by atoms with Crippen molar-refractivity contribution in [3.8, 4) is 0 Å². The van der Waals surface area contributed by atoms with E-state index in [9.17, 15) is 9.59 Å². The van der Waals surface area contributed by atoms with Gasteiger partial charge in [-0.1, -0.05) is 18.2 Å². The lowest BCUT2D eigenvalue weighted by molar-refractivity contribution is -0.161. The number of pyridine rings is 1. The van der Waals surface area contributed by atoms with Crippen LogP contribution in [0.1, 0.15) is 26.3 Å². The topological polar surface area (TPSA) is 80.8 Å². The average molecular weight is 413 g/mol. The molecule has 0 spiro atoms. The van der Waals surface area contributed by atoms with Gasteiger partial charge in [0.2, 0.25) is 6.79 Å². The highest BCUT2D eigenvalue weighted by atomic mass is 32.2. The Morgan fingerprint density at radius 3 is 2.55 bits per heavy atom. The summed E-state index contributed by atoms with van der Waals surface area (Å²) >= 11 is 1.41. The van der Waals surface area contributed by atoms with Gasteiger partial charge in [0.15, 0.2) is 11.5 Å². The van der Waals surface area contributed by atoms with Gasteiger partial charge >= 0.3 is 5.97 Å². The van der Waals surface area contributed by atoms with Crippen molar-refractivity contribution in [3.05, 3.63) is 59.9 Å². The van der Waals surface area contributed by atoms with Gasteiger partial charge in [-0.3, -0.25) is 9.59 Å². The highest BCUT2D eigenvalue weighted by Gasteiger charge is 2.31. The lowest BCUT2D eigenvalue weighted by Crippen LogP contribution is -2.29. The molecule has 1 aromatic carbocycles. The molecule has 0 aliphatic carbocycles. The van der Waals surface area contributed by atoms with Crippen molar-refractivity contribution in [3.63, 3.8) is 0 Å². The summed E-state index contributed by atoms with van der Waals surface area (Å²) in [7, 11) is 1.78. The molecule has 2 aromatic rings. The molecular formula is C21H23N3O4S. The summed E-state index contributed by atoms with van der Waals surface area (Å²) in [6.07, 6.45) is 1.60. The van der Waals surface area contributed by atoms with Crippen molar-refractivity contribution in [1.29, 1.82) is 0 Å². The zero-order valence-corrected chi connectivity index (χ0v) is 17.6. The summed E-state index contributed by atoms with van der Waals surface area (Å²) in [5, 5.41) is 2.78. The Balaban J connectivity index is 1.90. The molecule has 3 rings (SSSR count). The highest BCUT2D eigenvalue weighted by molar-refractivity contribution is 7.97. The molecule has 0 fully saturated rings. The Bertz CT molecular complexity index is 938. The van der Waals surface area contributed by atoms with Crippen LogP contribution in [0.4, 0.5) is 5.82 Å². The number of esters is 1. The van der Waals surface area contributed by atoms with Gasteiger partial charge in [0, 0.05) is 23.7 Å². The predicted molar refractivity (Wildman–Crippen MR) is 111 cm³/mol. The fourth-order valence-corrected chi connectivity index (χ4v) is 3.51. The zero-order chi connectivity index (χ0) is 21.0. The van der Waals surface area contributed by atoms with Gasteiger partial charge < -0.3 is 19.1 Å². The van der Waals surface area contributed by atoms with Gasteiger partial charge in [-0.05, 0) is 57.0 Å². The SMILES string of the molecule is CN1Sc2ccccc2C(OCOC(=O)C(C)(C)C)=C1C(=O)Nc1ccccn1. The van der Waals surface area contributed by atoms with E-state index in [1.807, 2.05) is 24.3 Å². The molecule has 29 heavy (non-hydrogen) atoms. The maximum absolute atomic E-state index is 13.0. The van der Waals surface area contributed by atoms with Crippen LogP contribution in [0.5, 0.6) is 0 Å². The van der Waals surface area contributed by atoms with E-state index in [0.29, 0.717) is 17.3 Å². The lowest BCUT2D eigenvalue weighted by Gasteiger charge is -2.29. The van der Waals surface area contributed by atoms with E-state index in [0.717, 1.165) is 10.5 Å². The second-order valence-electron chi connectivity index (χ2n) is 7.38. The number of hydrogen-bond acceptors (Lipinski definition) is 7. The van der Waals surface area contributed by atoms with Crippen LogP contribution in [0.15, 0.2) is 59.3 Å². The molecule has 1 aromatic heterocycles. The Morgan fingerprint density at radius 1 is 1.14 bits per heavy atom. The first kappa shape index (κ1) is 20.7. The number of nitrogens with one attached hydrogen (secondary N) is 1. The van der Waals surface area contributed by atoms with Gasteiger partial charge in [-0.15, -0.1) is 0 Å². The van der Waals surface area contributed by atoms with Crippen LogP contribution in [0, 0.1) is 5.41 Å². The number of carbonyl (C=O) groups excluding carboxylic acids is 2. The fraction of sp³-hybridized carbons (Fsp3) is 0.286. The molecule has 0 unspecified atom stereocenters. The number of hydrogen-bond donors (Lipinski definition) is 1. The first-order chi connectivity index (χ1) is 13.8. The van der Waals surface area contributed by atoms with Crippen molar-refractivity contribution in [2.24, 2.45) is 5.41 Å². The first-order valence-electron chi connectivity index (χ1n) is 9.05. The van der Waals surface area contributed by atoms with E-state index >= 15 is 0 Å². The van der Waals surface area contributed by atoms with Crippen LogP contribution in [0.25, 0.3) is 5.76 Å². The second kappa shape index (κ2) is 8.57.